The number of carbonyl (C=O) groups excluding carboxylic acids is 1. The third-order valence-corrected chi connectivity index (χ3v) is 5.03. The van der Waals surface area contributed by atoms with Gasteiger partial charge < -0.3 is 15.0 Å². The number of pyridine rings is 1. The van der Waals surface area contributed by atoms with Crippen molar-refractivity contribution in [2.75, 3.05) is 50.1 Å². The average molecular weight is 332 g/mol. The van der Waals surface area contributed by atoms with E-state index in [1.54, 1.807) is 0 Å². The second-order valence-corrected chi connectivity index (χ2v) is 6.77. The van der Waals surface area contributed by atoms with E-state index in [-0.39, 0.29) is 5.97 Å². The van der Waals surface area contributed by atoms with Gasteiger partial charge in [-0.05, 0) is 44.7 Å². The van der Waals surface area contributed by atoms with Crippen LogP contribution in [0.5, 0.6) is 0 Å². The van der Waals surface area contributed by atoms with Gasteiger partial charge in [-0.15, -0.1) is 0 Å². The van der Waals surface area contributed by atoms with E-state index in [0.29, 0.717) is 12.6 Å². The van der Waals surface area contributed by atoms with Crippen LogP contribution in [0.3, 0.4) is 0 Å². The van der Waals surface area contributed by atoms with E-state index in [4.69, 9.17) is 9.72 Å². The molecule has 24 heavy (non-hydrogen) atoms. The molecule has 6 nitrogen and oxygen atoms in total. The van der Waals surface area contributed by atoms with Crippen molar-refractivity contribution in [2.24, 2.45) is 0 Å². The van der Waals surface area contributed by atoms with E-state index in [0.717, 1.165) is 56.2 Å². The summed E-state index contributed by atoms with van der Waals surface area (Å²) in [5, 5.41) is 3.63. The van der Waals surface area contributed by atoms with Crippen LogP contribution in [0, 0.1) is 6.92 Å². The lowest BCUT2D eigenvalue weighted by molar-refractivity contribution is -0.142. The fraction of sp³-hybridized carbons (Fsp3) is 0.667. The minimum atomic E-state index is -0.154. The molecule has 1 aromatic rings. The molecule has 3 rings (SSSR count). The molecule has 0 aliphatic carbocycles. The number of nitrogens with zero attached hydrogens (tertiary/aromatic N) is 3. The minimum Gasteiger partial charge on any atom is -0.468 e. The van der Waals surface area contributed by atoms with Gasteiger partial charge in [-0.2, -0.15) is 0 Å². The molecule has 2 aliphatic rings. The van der Waals surface area contributed by atoms with Gasteiger partial charge in [0.15, 0.2) is 0 Å². The Hall–Kier alpha value is -1.82. The second-order valence-electron chi connectivity index (χ2n) is 6.77. The molecule has 3 heterocycles. The molecule has 0 spiro atoms. The van der Waals surface area contributed by atoms with Gasteiger partial charge in [0, 0.05) is 32.2 Å². The lowest BCUT2D eigenvalue weighted by Crippen LogP contribution is -2.41. The highest BCUT2D eigenvalue weighted by molar-refractivity contribution is 5.71. The van der Waals surface area contributed by atoms with Crippen molar-refractivity contribution in [1.82, 2.24) is 9.88 Å². The van der Waals surface area contributed by atoms with Crippen molar-refractivity contribution in [3.63, 3.8) is 0 Å². The van der Waals surface area contributed by atoms with Crippen LogP contribution in [-0.4, -0.2) is 61.7 Å². The predicted octanol–water partition coefficient (Wildman–Crippen LogP) is 2.04. The van der Waals surface area contributed by atoms with E-state index >= 15 is 0 Å². The topological polar surface area (TPSA) is 57.7 Å². The third-order valence-electron chi connectivity index (χ3n) is 5.03. The van der Waals surface area contributed by atoms with Crippen LogP contribution in [0.4, 0.5) is 11.5 Å². The maximum atomic E-state index is 11.3. The van der Waals surface area contributed by atoms with Gasteiger partial charge in [0.25, 0.3) is 0 Å². The molecule has 132 valence electrons. The van der Waals surface area contributed by atoms with E-state index in [2.05, 4.69) is 34.2 Å². The van der Waals surface area contributed by atoms with E-state index in [1.807, 2.05) is 0 Å². The molecule has 1 N–H and O–H groups in total. The van der Waals surface area contributed by atoms with Crippen molar-refractivity contribution in [3.05, 3.63) is 17.8 Å². The molecule has 0 unspecified atom stereocenters. The number of anilines is 2. The Labute approximate surface area is 144 Å². The maximum Gasteiger partial charge on any atom is 0.319 e. The number of rotatable bonds is 5. The molecule has 6 heteroatoms. The van der Waals surface area contributed by atoms with Gasteiger partial charge in [-0.3, -0.25) is 9.69 Å². The van der Waals surface area contributed by atoms with Gasteiger partial charge in [-0.1, -0.05) is 0 Å². The monoisotopic (exact) mass is 332 g/mol. The van der Waals surface area contributed by atoms with Crippen molar-refractivity contribution in [2.45, 2.75) is 38.6 Å². The van der Waals surface area contributed by atoms with E-state index < -0.39 is 0 Å². The maximum absolute atomic E-state index is 11.3. The molecule has 0 aromatic carbocycles. The van der Waals surface area contributed by atoms with Gasteiger partial charge in [-0.25, -0.2) is 4.98 Å². The number of carbonyl (C=O) groups is 1. The zero-order chi connectivity index (χ0) is 16.9. The standard InChI is InChI=1S/C18H28N4O2/c1-14-16(5-6-17(19-14)22-9-3-4-10-22)20-15-7-11-21(12-8-15)13-18(23)24-2/h5-6,15,20H,3-4,7-13H2,1-2H3. The molecule has 1 aromatic heterocycles. The van der Waals surface area contributed by atoms with Crippen molar-refractivity contribution < 1.29 is 9.53 Å². The molecule has 2 fully saturated rings. The first kappa shape index (κ1) is 17.0. The Morgan fingerprint density at radius 2 is 1.96 bits per heavy atom. The number of ether oxygens (including phenoxy) is 1. The fourth-order valence-corrected chi connectivity index (χ4v) is 3.53. The average Bonchev–Trinajstić information content (AvgIpc) is 3.13. The van der Waals surface area contributed by atoms with Crippen molar-refractivity contribution >= 4 is 17.5 Å². The molecule has 0 radical (unpaired) electrons. The van der Waals surface area contributed by atoms with Crippen molar-refractivity contribution in [1.29, 1.82) is 0 Å². The molecule has 0 amide bonds. The number of piperidine rings is 1. The Morgan fingerprint density at radius 3 is 2.58 bits per heavy atom. The summed E-state index contributed by atoms with van der Waals surface area (Å²) in [6.45, 7) is 6.56. The summed E-state index contributed by atoms with van der Waals surface area (Å²) >= 11 is 0. The molecule has 0 saturated carbocycles. The Morgan fingerprint density at radius 1 is 1.25 bits per heavy atom. The number of hydrogen-bond acceptors (Lipinski definition) is 6. The van der Waals surface area contributed by atoms with Crippen molar-refractivity contribution in [3.8, 4) is 0 Å². The SMILES string of the molecule is COC(=O)CN1CCC(Nc2ccc(N3CCCC3)nc2C)CC1. The highest BCUT2D eigenvalue weighted by Gasteiger charge is 2.22. The number of aryl methyl sites for hydroxylation is 1. The molecule has 0 atom stereocenters. The molecular weight excluding hydrogens is 304 g/mol. The number of methoxy groups -OCH3 is 1. The third kappa shape index (κ3) is 4.17. The summed E-state index contributed by atoms with van der Waals surface area (Å²) in [4.78, 5) is 20.6. The van der Waals surface area contributed by atoms with Crippen LogP contribution in [0.15, 0.2) is 12.1 Å². The highest BCUT2D eigenvalue weighted by atomic mass is 16.5. The summed E-state index contributed by atoms with van der Waals surface area (Å²) in [5.74, 6) is 0.947. The Kier molecular flexibility index (Phi) is 5.56. The summed E-state index contributed by atoms with van der Waals surface area (Å²) in [7, 11) is 1.44. The lowest BCUT2D eigenvalue weighted by atomic mass is 10.0. The van der Waals surface area contributed by atoms with Gasteiger partial charge in [0.2, 0.25) is 0 Å². The number of hydrogen-bond donors (Lipinski definition) is 1. The first-order chi connectivity index (χ1) is 11.7. The van der Waals surface area contributed by atoms with Gasteiger partial charge in [0.05, 0.1) is 25.0 Å². The summed E-state index contributed by atoms with van der Waals surface area (Å²) in [6.07, 6.45) is 4.60. The first-order valence-electron chi connectivity index (χ1n) is 8.94. The molecule has 2 aliphatic heterocycles. The van der Waals surface area contributed by atoms with Crippen LogP contribution in [0.1, 0.15) is 31.4 Å². The quantitative estimate of drug-likeness (QED) is 0.833. The summed E-state index contributed by atoms with van der Waals surface area (Å²) in [5.41, 5.74) is 2.20. The molecule has 2 saturated heterocycles. The molecule has 0 bridgehead atoms. The first-order valence-corrected chi connectivity index (χ1v) is 8.94. The zero-order valence-corrected chi connectivity index (χ0v) is 14.8. The number of aromatic nitrogens is 1. The fourth-order valence-electron chi connectivity index (χ4n) is 3.53. The zero-order valence-electron chi connectivity index (χ0n) is 14.8. The Bertz CT molecular complexity index is 564. The number of esters is 1. The smallest absolute Gasteiger partial charge is 0.319 e. The van der Waals surface area contributed by atoms with Crippen LogP contribution in [0.2, 0.25) is 0 Å². The predicted molar refractivity (Wildman–Crippen MR) is 95.5 cm³/mol. The van der Waals surface area contributed by atoms with Gasteiger partial charge in [0.1, 0.15) is 5.82 Å². The highest BCUT2D eigenvalue weighted by Crippen LogP contribution is 2.24. The van der Waals surface area contributed by atoms with E-state index in [1.165, 1.54) is 20.0 Å². The minimum absolute atomic E-state index is 0.154. The van der Waals surface area contributed by atoms with Crippen LogP contribution >= 0.6 is 0 Å². The van der Waals surface area contributed by atoms with Crippen LogP contribution < -0.4 is 10.2 Å². The van der Waals surface area contributed by atoms with Gasteiger partial charge >= 0.3 is 5.97 Å². The van der Waals surface area contributed by atoms with Crippen LogP contribution in [-0.2, 0) is 9.53 Å². The summed E-state index contributed by atoms with van der Waals surface area (Å²) < 4.78 is 4.74. The largest absolute Gasteiger partial charge is 0.468 e. The normalized spacial score (nSPS) is 19.5. The number of likely N-dealkylation sites (tertiary alicyclic amines) is 1. The number of nitrogens with one attached hydrogen (secondary N) is 1. The molecular formula is C18H28N4O2. The lowest BCUT2D eigenvalue weighted by Gasteiger charge is -2.32. The second kappa shape index (κ2) is 7.83. The Balaban J connectivity index is 1.52. The van der Waals surface area contributed by atoms with E-state index in [9.17, 15) is 4.79 Å². The summed E-state index contributed by atoms with van der Waals surface area (Å²) in [6, 6.07) is 4.74. The van der Waals surface area contributed by atoms with Crippen LogP contribution in [0.25, 0.3) is 0 Å².